The van der Waals surface area contributed by atoms with Crippen LogP contribution in [0, 0.1) is 11.7 Å². The normalized spacial score (nSPS) is 22.4. The van der Waals surface area contributed by atoms with Gasteiger partial charge in [0.05, 0.1) is 16.7 Å². The van der Waals surface area contributed by atoms with Gasteiger partial charge in [0.25, 0.3) is 0 Å². The lowest BCUT2D eigenvalue weighted by molar-refractivity contribution is 0.0277. The number of hydrogen-bond donors (Lipinski definition) is 3. The molecule has 0 bridgehead atoms. The Morgan fingerprint density at radius 2 is 2.09 bits per heavy atom. The van der Waals surface area contributed by atoms with Crippen LogP contribution in [0.3, 0.4) is 0 Å². The molecule has 1 saturated carbocycles. The van der Waals surface area contributed by atoms with Gasteiger partial charge in [0.2, 0.25) is 10.0 Å². The summed E-state index contributed by atoms with van der Waals surface area (Å²) in [6, 6.07) is 0.935. The lowest BCUT2D eigenvalue weighted by Crippen LogP contribution is -2.46. The van der Waals surface area contributed by atoms with Crippen LogP contribution in [-0.2, 0) is 10.0 Å². The molecule has 23 heavy (non-hydrogen) atoms. The van der Waals surface area contributed by atoms with Crippen LogP contribution in [0.4, 0.5) is 4.39 Å². The fourth-order valence-electron chi connectivity index (χ4n) is 2.63. The van der Waals surface area contributed by atoms with Crippen LogP contribution >= 0.6 is 11.6 Å². The van der Waals surface area contributed by atoms with Crippen LogP contribution in [0.2, 0.25) is 5.02 Å². The Bertz CT molecular complexity index is 718. The number of carboxylic acids is 1. The van der Waals surface area contributed by atoms with Crippen molar-refractivity contribution in [2.45, 2.75) is 43.2 Å². The SMILES string of the molecule is CC[C@@H](NS(=O)(=O)c1cc(C(=O)O)c(Cl)cc1F)C1CC(O)C1. The molecule has 1 fully saturated rings. The topological polar surface area (TPSA) is 104 Å². The van der Waals surface area contributed by atoms with Crippen LogP contribution in [0.5, 0.6) is 0 Å². The molecule has 2 rings (SSSR count). The molecule has 0 spiro atoms. The van der Waals surface area contributed by atoms with Crippen molar-refractivity contribution in [1.82, 2.24) is 4.72 Å². The summed E-state index contributed by atoms with van der Waals surface area (Å²) in [6.07, 6.45) is 0.983. The van der Waals surface area contributed by atoms with E-state index < -0.39 is 44.4 Å². The minimum absolute atomic E-state index is 0.0286. The van der Waals surface area contributed by atoms with Gasteiger partial charge in [0, 0.05) is 6.04 Å². The first-order valence-corrected chi connectivity index (χ1v) is 8.94. The van der Waals surface area contributed by atoms with Crippen molar-refractivity contribution in [3.63, 3.8) is 0 Å². The molecule has 1 aliphatic rings. The van der Waals surface area contributed by atoms with Crippen LogP contribution in [0.15, 0.2) is 17.0 Å². The van der Waals surface area contributed by atoms with Crippen LogP contribution in [0.25, 0.3) is 0 Å². The van der Waals surface area contributed by atoms with E-state index in [-0.39, 0.29) is 10.9 Å². The monoisotopic (exact) mass is 365 g/mol. The van der Waals surface area contributed by atoms with Gasteiger partial charge in [-0.2, -0.15) is 0 Å². The molecule has 1 aromatic carbocycles. The highest BCUT2D eigenvalue weighted by molar-refractivity contribution is 7.89. The molecular weight excluding hydrogens is 349 g/mol. The van der Waals surface area contributed by atoms with E-state index in [2.05, 4.69) is 4.72 Å². The van der Waals surface area contributed by atoms with Gasteiger partial charge in [0.15, 0.2) is 0 Å². The number of nitrogens with one attached hydrogen (secondary N) is 1. The van der Waals surface area contributed by atoms with Crippen LogP contribution < -0.4 is 4.72 Å². The van der Waals surface area contributed by atoms with E-state index in [0.29, 0.717) is 31.4 Å². The second-order valence-corrected chi connectivity index (χ2v) is 7.68. The first kappa shape index (κ1) is 18.1. The zero-order chi connectivity index (χ0) is 17.4. The highest BCUT2D eigenvalue weighted by Gasteiger charge is 2.36. The number of carbonyl (C=O) groups is 1. The summed E-state index contributed by atoms with van der Waals surface area (Å²) in [7, 11) is -4.24. The predicted octanol–water partition coefficient (Wildman–Crippen LogP) is 2.01. The van der Waals surface area contributed by atoms with Crippen molar-refractivity contribution in [3.8, 4) is 0 Å². The summed E-state index contributed by atoms with van der Waals surface area (Å²) >= 11 is 5.61. The van der Waals surface area contributed by atoms with Gasteiger partial charge < -0.3 is 10.2 Å². The van der Waals surface area contributed by atoms with Gasteiger partial charge in [-0.3, -0.25) is 0 Å². The third-order valence-corrected chi connectivity index (χ3v) is 5.82. The summed E-state index contributed by atoms with van der Waals surface area (Å²) in [6.45, 7) is 1.78. The first-order chi connectivity index (χ1) is 10.7. The molecule has 0 aromatic heterocycles. The van der Waals surface area contributed by atoms with Crippen LogP contribution in [-0.4, -0.2) is 36.7 Å². The van der Waals surface area contributed by atoms with E-state index in [0.717, 1.165) is 0 Å². The number of aliphatic hydroxyl groups is 1. The Hall–Kier alpha value is -1.22. The Morgan fingerprint density at radius 3 is 2.57 bits per heavy atom. The van der Waals surface area contributed by atoms with Gasteiger partial charge >= 0.3 is 5.97 Å². The number of carboxylic acid groups (broad SMARTS) is 1. The van der Waals surface area contributed by atoms with Crippen molar-refractivity contribution >= 4 is 27.6 Å². The second-order valence-electron chi connectivity index (χ2n) is 5.59. The Balaban J connectivity index is 2.32. The third kappa shape index (κ3) is 3.82. The van der Waals surface area contributed by atoms with E-state index in [4.69, 9.17) is 16.7 Å². The van der Waals surface area contributed by atoms with Gasteiger partial charge in [-0.1, -0.05) is 18.5 Å². The zero-order valence-electron chi connectivity index (χ0n) is 12.3. The average molecular weight is 366 g/mol. The number of aliphatic hydroxyl groups excluding tert-OH is 1. The largest absolute Gasteiger partial charge is 0.478 e. The first-order valence-electron chi connectivity index (χ1n) is 7.08. The van der Waals surface area contributed by atoms with Crippen molar-refractivity contribution in [2.75, 3.05) is 0 Å². The van der Waals surface area contributed by atoms with E-state index in [1.54, 1.807) is 6.92 Å². The minimum Gasteiger partial charge on any atom is -0.478 e. The summed E-state index contributed by atoms with van der Waals surface area (Å²) < 4.78 is 41.1. The molecule has 0 amide bonds. The number of halogens is 2. The highest BCUT2D eigenvalue weighted by atomic mass is 35.5. The number of rotatable bonds is 6. The summed E-state index contributed by atoms with van der Waals surface area (Å²) in [4.78, 5) is 10.3. The maximum Gasteiger partial charge on any atom is 0.337 e. The molecule has 0 radical (unpaired) electrons. The smallest absolute Gasteiger partial charge is 0.337 e. The third-order valence-electron chi connectivity index (χ3n) is 4.01. The Labute approximate surface area is 138 Å². The lowest BCUT2D eigenvalue weighted by atomic mass is 9.77. The molecule has 1 aliphatic carbocycles. The van der Waals surface area contributed by atoms with E-state index in [1.807, 2.05) is 0 Å². The molecule has 0 aliphatic heterocycles. The Morgan fingerprint density at radius 1 is 1.48 bits per heavy atom. The standard InChI is InChI=1S/C14H17ClFNO5S/c1-2-12(7-3-8(18)4-7)17-23(21,22)13-5-9(14(19)20)10(15)6-11(13)16/h5-8,12,17-18H,2-4H2,1H3,(H,19,20)/t7?,8?,12-/m1/s1. The predicted molar refractivity (Wildman–Crippen MR) is 81.5 cm³/mol. The fraction of sp³-hybridized carbons (Fsp3) is 0.500. The molecule has 1 atom stereocenters. The van der Waals surface area contributed by atoms with Gasteiger partial charge in [-0.05, 0) is 37.3 Å². The van der Waals surface area contributed by atoms with Crippen molar-refractivity contribution < 1.29 is 27.8 Å². The maximum absolute atomic E-state index is 14.0. The maximum atomic E-state index is 14.0. The van der Waals surface area contributed by atoms with Crippen LogP contribution in [0.1, 0.15) is 36.5 Å². The van der Waals surface area contributed by atoms with Gasteiger partial charge in [0.1, 0.15) is 10.7 Å². The quantitative estimate of drug-likeness (QED) is 0.715. The van der Waals surface area contributed by atoms with Gasteiger partial charge in [-0.15, -0.1) is 0 Å². The minimum atomic E-state index is -4.24. The molecule has 0 heterocycles. The van der Waals surface area contributed by atoms with Crippen molar-refractivity contribution in [3.05, 3.63) is 28.5 Å². The number of aromatic carboxylic acids is 1. The molecule has 0 saturated heterocycles. The molecule has 3 N–H and O–H groups in total. The van der Waals surface area contributed by atoms with Crippen molar-refractivity contribution in [2.24, 2.45) is 5.92 Å². The Kier molecular flexibility index (Phi) is 5.30. The zero-order valence-corrected chi connectivity index (χ0v) is 13.9. The van der Waals surface area contributed by atoms with E-state index in [1.165, 1.54) is 0 Å². The van der Waals surface area contributed by atoms with Gasteiger partial charge in [-0.25, -0.2) is 22.3 Å². The molecule has 1 aromatic rings. The average Bonchev–Trinajstić information content (AvgIpc) is 2.40. The summed E-state index contributed by atoms with van der Waals surface area (Å²) in [5.41, 5.74) is -0.486. The summed E-state index contributed by atoms with van der Waals surface area (Å²) in [5, 5.41) is 18.0. The number of sulfonamides is 1. The molecule has 0 unspecified atom stereocenters. The lowest BCUT2D eigenvalue weighted by Gasteiger charge is -2.37. The fourth-order valence-corrected chi connectivity index (χ4v) is 4.34. The second kappa shape index (κ2) is 6.72. The molecular formula is C14H17ClFNO5S. The highest BCUT2D eigenvalue weighted by Crippen LogP contribution is 2.32. The van der Waals surface area contributed by atoms with E-state index >= 15 is 0 Å². The molecule has 128 valence electrons. The summed E-state index contributed by atoms with van der Waals surface area (Å²) in [5.74, 6) is -2.59. The van der Waals surface area contributed by atoms with E-state index in [9.17, 15) is 22.7 Å². The van der Waals surface area contributed by atoms with Crippen molar-refractivity contribution in [1.29, 1.82) is 0 Å². The number of hydrogen-bond acceptors (Lipinski definition) is 4. The molecule has 6 nitrogen and oxygen atoms in total. The molecule has 9 heteroatoms. The number of benzene rings is 1.